The van der Waals surface area contributed by atoms with E-state index in [9.17, 15) is 5.26 Å². The van der Waals surface area contributed by atoms with Gasteiger partial charge in [-0.2, -0.15) is 5.26 Å². The van der Waals surface area contributed by atoms with Crippen molar-refractivity contribution >= 4 is 5.69 Å². The summed E-state index contributed by atoms with van der Waals surface area (Å²) in [4.78, 5) is 2.47. The first-order chi connectivity index (χ1) is 10.1. The number of anilines is 1. The van der Waals surface area contributed by atoms with Gasteiger partial charge in [-0.3, -0.25) is 5.32 Å². The molecular weight excluding hydrogens is 258 g/mol. The molecular formula is C18H27N3. The van der Waals surface area contributed by atoms with Crippen LogP contribution in [0.4, 0.5) is 5.69 Å². The number of rotatable bonds is 5. The van der Waals surface area contributed by atoms with E-state index in [4.69, 9.17) is 0 Å². The van der Waals surface area contributed by atoms with Crippen LogP contribution in [0.1, 0.15) is 45.1 Å². The molecule has 0 heterocycles. The Hall–Kier alpha value is -1.53. The van der Waals surface area contributed by atoms with Crippen molar-refractivity contribution in [3.05, 3.63) is 29.8 Å². The van der Waals surface area contributed by atoms with Crippen LogP contribution in [0.15, 0.2) is 24.3 Å². The first kappa shape index (κ1) is 15.9. The van der Waals surface area contributed by atoms with Gasteiger partial charge in [0.15, 0.2) is 0 Å². The van der Waals surface area contributed by atoms with E-state index in [0.717, 1.165) is 32.4 Å². The minimum atomic E-state index is -0.338. The zero-order valence-electron chi connectivity index (χ0n) is 13.5. The van der Waals surface area contributed by atoms with Gasteiger partial charge in [0.05, 0.1) is 6.07 Å². The van der Waals surface area contributed by atoms with Gasteiger partial charge in [0.2, 0.25) is 0 Å². The molecule has 0 radical (unpaired) electrons. The number of hydrogen-bond acceptors (Lipinski definition) is 3. The molecule has 2 unspecified atom stereocenters. The van der Waals surface area contributed by atoms with Crippen LogP contribution in [0, 0.1) is 18.3 Å². The van der Waals surface area contributed by atoms with E-state index in [1.807, 2.05) is 0 Å². The highest BCUT2D eigenvalue weighted by atomic mass is 15.2. The molecule has 21 heavy (non-hydrogen) atoms. The third-order valence-electron chi connectivity index (χ3n) is 4.57. The zero-order chi connectivity index (χ0) is 15.3. The molecule has 1 aliphatic rings. The van der Waals surface area contributed by atoms with Gasteiger partial charge in [-0.25, -0.2) is 0 Å². The molecule has 3 heteroatoms. The molecule has 1 saturated carbocycles. The first-order valence-corrected chi connectivity index (χ1v) is 8.13. The van der Waals surface area contributed by atoms with Gasteiger partial charge in [-0.1, -0.05) is 19.1 Å². The fourth-order valence-electron chi connectivity index (χ4n) is 3.61. The van der Waals surface area contributed by atoms with E-state index >= 15 is 0 Å². The van der Waals surface area contributed by atoms with Crippen molar-refractivity contribution in [3.63, 3.8) is 0 Å². The maximum Gasteiger partial charge on any atom is 0.108 e. The number of hydrogen-bond donors (Lipinski definition) is 1. The summed E-state index contributed by atoms with van der Waals surface area (Å²) in [6, 6.07) is 11.7. The van der Waals surface area contributed by atoms with Crippen molar-refractivity contribution in [1.82, 2.24) is 5.32 Å². The van der Waals surface area contributed by atoms with Crippen molar-refractivity contribution in [3.8, 4) is 6.07 Å². The molecule has 114 valence electrons. The molecule has 1 N–H and O–H groups in total. The van der Waals surface area contributed by atoms with Gasteiger partial charge in [-0.15, -0.1) is 0 Å². The van der Waals surface area contributed by atoms with Crippen LogP contribution < -0.4 is 10.2 Å². The van der Waals surface area contributed by atoms with Gasteiger partial charge < -0.3 is 4.90 Å². The first-order valence-electron chi connectivity index (χ1n) is 8.13. The fraction of sp³-hybridized carbons (Fsp3) is 0.611. The van der Waals surface area contributed by atoms with E-state index in [-0.39, 0.29) is 5.54 Å². The smallest absolute Gasteiger partial charge is 0.108 e. The molecule has 1 aromatic carbocycles. The van der Waals surface area contributed by atoms with E-state index in [2.05, 4.69) is 61.3 Å². The van der Waals surface area contributed by atoms with E-state index in [0.29, 0.717) is 6.04 Å². The topological polar surface area (TPSA) is 39.1 Å². The van der Waals surface area contributed by atoms with Crippen molar-refractivity contribution < 1.29 is 0 Å². The lowest BCUT2D eigenvalue weighted by Gasteiger charge is -2.42. The van der Waals surface area contributed by atoms with Crippen LogP contribution in [-0.2, 0) is 0 Å². The number of nitrogens with one attached hydrogen (secondary N) is 1. The average molecular weight is 285 g/mol. The van der Waals surface area contributed by atoms with E-state index in [1.165, 1.54) is 17.7 Å². The van der Waals surface area contributed by atoms with Crippen molar-refractivity contribution in [2.24, 2.45) is 0 Å². The highest BCUT2D eigenvalue weighted by molar-refractivity contribution is 5.49. The second-order valence-corrected chi connectivity index (χ2v) is 6.10. The highest BCUT2D eigenvalue weighted by Crippen LogP contribution is 2.33. The number of nitriles is 1. The van der Waals surface area contributed by atoms with Gasteiger partial charge >= 0.3 is 0 Å². The third-order valence-corrected chi connectivity index (χ3v) is 4.57. The Kier molecular flexibility index (Phi) is 5.25. The number of nitrogens with zero attached hydrogens (tertiary/aromatic N) is 2. The SMILES string of the molecule is CCNC1(C#N)CCCC(N(CC)c2cccc(C)c2)C1. The minimum absolute atomic E-state index is 0.338. The second kappa shape index (κ2) is 6.95. The molecule has 2 atom stereocenters. The molecule has 0 aromatic heterocycles. The molecule has 0 bridgehead atoms. The van der Waals surface area contributed by atoms with Crippen LogP contribution >= 0.6 is 0 Å². The van der Waals surface area contributed by atoms with Crippen LogP contribution in [-0.4, -0.2) is 24.7 Å². The second-order valence-electron chi connectivity index (χ2n) is 6.10. The summed E-state index contributed by atoms with van der Waals surface area (Å²) < 4.78 is 0. The van der Waals surface area contributed by atoms with Crippen LogP contribution in [0.5, 0.6) is 0 Å². The largest absolute Gasteiger partial charge is 0.369 e. The van der Waals surface area contributed by atoms with Gasteiger partial charge in [0, 0.05) is 18.3 Å². The predicted molar refractivity (Wildman–Crippen MR) is 88.5 cm³/mol. The van der Waals surface area contributed by atoms with Gasteiger partial charge in [0.25, 0.3) is 0 Å². The summed E-state index contributed by atoms with van der Waals surface area (Å²) in [5.41, 5.74) is 2.24. The van der Waals surface area contributed by atoms with Crippen LogP contribution in [0.25, 0.3) is 0 Å². The average Bonchev–Trinajstić information content (AvgIpc) is 2.49. The Bertz CT molecular complexity index is 501. The lowest BCUT2D eigenvalue weighted by atomic mass is 9.79. The molecule has 0 spiro atoms. The van der Waals surface area contributed by atoms with E-state index < -0.39 is 0 Å². The van der Waals surface area contributed by atoms with Gasteiger partial charge in [0.1, 0.15) is 5.54 Å². The molecule has 0 saturated heterocycles. The summed E-state index contributed by atoms with van der Waals surface area (Å²) in [6.07, 6.45) is 4.18. The fourth-order valence-corrected chi connectivity index (χ4v) is 3.61. The highest BCUT2D eigenvalue weighted by Gasteiger charge is 2.37. The lowest BCUT2D eigenvalue weighted by Crippen LogP contribution is -2.53. The molecule has 1 fully saturated rings. The normalized spacial score (nSPS) is 25.3. The minimum Gasteiger partial charge on any atom is -0.369 e. The number of aryl methyl sites for hydroxylation is 1. The number of benzene rings is 1. The third kappa shape index (κ3) is 3.57. The van der Waals surface area contributed by atoms with Crippen LogP contribution in [0.2, 0.25) is 0 Å². The van der Waals surface area contributed by atoms with Crippen molar-refractivity contribution in [2.75, 3.05) is 18.0 Å². The standard InChI is InChI=1S/C18H27N3/c1-4-20-18(14-19)11-7-10-17(13-18)21(5-2)16-9-6-8-15(3)12-16/h6,8-9,12,17,20H,4-5,7,10-11,13H2,1-3H3. The van der Waals surface area contributed by atoms with Gasteiger partial charge in [-0.05, 0) is 63.8 Å². The monoisotopic (exact) mass is 285 g/mol. The quantitative estimate of drug-likeness (QED) is 0.898. The maximum absolute atomic E-state index is 9.63. The summed E-state index contributed by atoms with van der Waals surface area (Å²) >= 11 is 0. The Morgan fingerprint density at radius 2 is 2.24 bits per heavy atom. The molecule has 0 amide bonds. The zero-order valence-corrected chi connectivity index (χ0v) is 13.5. The maximum atomic E-state index is 9.63. The molecule has 0 aliphatic heterocycles. The molecule has 1 aromatic rings. The summed E-state index contributed by atoms with van der Waals surface area (Å²) in [6.45, 7) is 8.27. The van der Waals surface area contributed by atoms with Crippen molar-refractivity contribution in [1.29, 1.82) is 5.26 Å². The Balaban J connectivity index is 2.20. The Morgan fingerprint density at radius 1 is 1.43 bits per heavy atom. The molecule has 3 nitrogen and oxygen atoms in total. The predicted octanol–water partition coefficient (Wildman–Crippen LogP) is 3.64. The van der Waals surface area contributed by atoms with Crippen molar-refractivity contribution in [2.45, 2.75) is 58.0 Å². The summed E-state index contributed by atoms with van der Waals surface area (Å²) in [5, 5.41) is 13.1. The molecule has 1 aliphatic carbocycles. The molecule has 2 rings (SSSR count). The van der Waals surface area contributed by atoms with E-state index in [1.54, 1.807) is 0 Å². The van der Waals surface area contributed by atoms with Crippen LogP contribution in [0.3, 0.4) is 0 Å². The Morgan fingerprint density at radius 3 is 2.86 bits per heavy atom. The summed E-state index contributed by atoms with van der Waals surface area (Å²) in [5.74, 6) is 0. The summed E-state index contributed by atoms with van der Waals surface area (Å²) in [7, 11) is 0. The lowest BCUT2D eigenvalue weighted by molar-refractivity contribution is 0.269. The Labute approximate surface area is 129 Å².